The monoisotopic (exact) mass is 675 g/mol. The van der Waals surface area contributed by atoms with Crippen molar-refractivity contribution >= 4 is 29.1 Å². The molecule has 4 aliphatic rings. The molecule has 50 heavy (non-hydrogen) atoms. The first kappa shape index (κ1) is 33.8. The molecular formula is C41H45N3O6. The van der Waals surface area contributed by atoms with E-state index in [0.29, 0.717) is 37.4 Å². The first-order valence-electron chi connectivity index (χ1n) is 17.6. The molecule has 2 saturated heterocycles. The van der Waals surface area contributed by atoms with Gasteiger partial charge in [-0.15, -0.1) is 0 Å². The van der Waals surface area contributed by atoms with Crippen LogP contribution in [0.15, 0.2) is 97.1 Å². The molecular weight excluding hydrogens is 630 g/mol. The van der Waals surface area contributed by atoms with Crippen molar-refractivity contribution in [3.63, 3.8) is 0 Å². The van der Waals surface area contributed by atoms with Crippen molar-refractivity contribution in [2.75, 3.05) is 36.1 Å². The molecule has 0 saturated carbocycles. The van der Waals surface area contributed by atoms with Gasteiger partial charge in [0.15, 0.2) is 0 Å². The summed E-state index contributed by atoms with van der Waals surface area (Å²) in [6.45, 7) is 8.57. The second kappa shape index (κ2) is 13.2. The molecule has 9 heteroatoms. The highest BCUT2D eigenvalue weighted by atomic mass is 16.5. The molecule has 3 aromatic carbocycles. The van der Waals surface area contributed by atoms with Crippen LogP contribution in [0.5, 0.6) is 5.75 Å². The molecule has 3 amide bonds. The Labute approximate surface area is 293 Å². The van der Waals surface area contributed by atoms with Crippen molar-refractivity contribution in [2.45, 2.75) is 63.8 Å². The van der Waals surface area contributed by atoms with Gasteiger partial charge in [-0.2, -0.15) is 0 Å². The van der Waals surface area contributed by atoms with Crippen molar-refractivity contribution < 1.29 is 29.0 Å². The number of hydrogen-bond donors (Lipinski definition) is 1. The molecule has 4 heterocycles. The topological polar surface area (TPSA) is 99.6 Å². The van der Waals surface area contributed by atoms with E-state index in [1.807, 2.05) is 125 Å². The largest absolute Gasteiger partial charge is 0.494 e. The van der Waals surface area contributed by atoms with Crippen LogP contribution in [0.1, 0.15) is 37.0 Å². The van der Waals surface area contributed by atoms with E-state index in [4.69, 9.17) is 9.47 Å². The smallest absolute Gasteiger partial charge is 0.253 e. The fourth-order valence-corrected chi connectivity index (χ4v) is 8.78. The molecule has 0 aromatic heterocycles. The normalized spacial score (nSPS) is 27.9. The number of ether oxygens (including phenoxy) is 2. The first-order chi connectivity index (χ1) is 24.2. The van der Waals surface area contributed by atoms with E-state index in [1.165, 1.54) is 0 Å². The van der Waals surface area contributed by atoms with Gasteiger partial charge in [-0.1, -0.05) is 79.8 Å². The second-order valence-electron chi connectivity index (χ2n) is 13.8. The summed E-state index contributed by atoms with van der Waals surface area (Å²) in [5.74, 6) is -2.11. The first-order valence-corrected chi connectivity index (χ1v) is 17.6. The van der Waals surface area contributed by atoms with Crippen molar-refractivity contribution in [1.82, 2.24) is 4.90 Å². The van der Waals surface area contributed by atoms with Gasteiger partial charge in [0, 0.05) is 24.5 Å². The Hall–Kier alpha value is -4.73. The lowest BCUT2D eigenvalue weighted by atomic mass is 9.73. The molecule has 0 aliphatic carbocycles. The van der Waals surface area contributed by atoms with E-state index >= 15 is 9.59 Å². The maximum absolute atomic E-state index is 15.2. The molecule has 1 spiro atoms. The molecule has 6 atom stereocenters. The number of rotatable bonds is 9. The average molecular weight is 676 g/mol. The third-order valence-electron chi connectivity index (χ3n) is 11.0. The number of amides is 3. The standard InChI is InChI=1S/C41H45N3O6/c1-5-40-21-11-23-42(30-17-19-32(20-18-30)49-6-2)37(46)33(40)34-38(47)44(31(26-45)25-29-15-8-7-9-16-29)36-39(48)43(24-12-22-41(34,36)50-40)35-27(3)13-10-14-28(35)4/h7-22,31,33-34,36,45H,5-6,23-26H2,1-4H3/t31-,33+,34+,36?,40-,41+/m1/s1. The predicted molar refractivity (Wildman–Crippen MR) is 192 cm³/mol. The summed E-state index contributed by atoms with van der Waals surface area (Å²) in [4.78, 5) is 50.4. The van der Waals surface area contributed by atoms with Gasteiger partial charge >= 0.3 is 0 Å². The fourth-order valence-electron chi connectivity index (χ4n) is 8.78. The number of carbonyl (C=O) groups excluding carboxylic acids is 3. The summed E-state index contributed by atoms with van der Waals surface area (Å²) in [5, 5.41) is 10.9. The Morgan fingerprint density at radius 1 is 0.820 bits per heavy atom. The van der Waals surface area contributed by atoms with Crippen LogP contribution in [0.25, 0.3) is 0 Å². The van der Waals surface area contributed by atoms with Gasteiger partial charge in [0.2, 0.25) is 11.8 Å². The summed E-state index contributed by atoms with van der Waals surface area (Å²) in [5.41, 5.74) is 1.68. The van der Waals surface area contributed by atoms with Gasteiger partial charge in [0.25, 0.3) is 5.91 Å². The van der Waals surface area contributed by atoms with Crippen LogP contribution in [-0.2, 0) is 25.5 Å². The number of aryl methyl sites for hydroxylation is 2. The number of hydrogen-bond acceptors (Lipinski definition) is 6. The van der Waals surface area contributed by atoms with Crippen molar-refractivity contribution in [3.05, 3.63) is 114 Å². The Kier molecular flexibility index (Phi) is 8.90. The van der Waals surface area contributed by atoms with Gasteiger partial charge in [-0.05, 0) is 74.6 Å². The molecule has 2 fully saturated rings. The van der Waals surface area contributed by atoms with Gasteiger partial charge in [0.05, 0.1) is 36.7 Å². The Balaban J connectivity index is 1.37. The number of aliphatic hydroxyl groups excluding tert-OH is 1. The van der Waals surface area contributed by atoms with Crippen LogP contribution >= 0.6 is 0 Å². The second-order valence-corrected chi connectivity index (χ2v) is 13.8. The number of fused-ring (bicyclic) bond motifs is 2. The minimum Gasteiger partial charge on any atom is -0.494 e. The Bertz CT molecular complexity index is 1820. The Morgan fingerprint density at radius 3 is 2.16 bits per heavy atom. The highest BCUT2D eigenvalue weighted by Gasteiger charge is 2.76. The van der Waals surface area contributed by atoms with Crippen LogP contribution in [0.3, 0.4) is 0 Å². The maximum Gasteiger partial charge on any atom is 0.253 e. The third kappa shape index (κ3) is 5.26. The fraction of sp³-hybridized carbons (Fsp3) is 0.390. The number of carbonyl (C=O) groups is 3. The molecule has 1 unspecified atom stereocenters. The number of para-hydroxylation sites is 1. The lowest BCUT2D eigenvalue weighted by Gasteiger charge is -2.41. The van der Waals surface area contributed by atoms with E-state index < -0.39 is 35.1 Å². The lowest BCUT2D eigenvalue weighted by Crippen LogP contribution is -2.59. The lowest BCUT2D eigenvalue weighted by molar-refractivity contribution is -0.149. The van der Waals surface area contributed by atoms with Crippen molar-refractivity contribution in [3.8, 4) is 5.75 Å². The van der Waals surface area contributed by atoms with Crippen LogP contribution in [-0.4, -0.2) is 77.3 Å². The minimum absolute atomic E-state index is 0.239. The van der Waals surface area contributed by atoms with Gasteiger partial charge in [0.1, 0.15) is 17.4 Å². The minimum atomic E-state index is -1.45. The quantitative estimate of drug-likeness (QED) is 0.315. The number of anilines is 2. The molecule has 7 rings (SSSR count). The van der Waals surface area contributed by atoms with E-state index in [1.54, 1.807) is 14.7 Å². The zero-order valence-electron chi connectivity index (χ0n) is 29.1. The van der Waals surface area contributed by atoms with Gasteiger partial charge in [-0.3, -0.25) is 14.4 Å². The van der Waals surface area contributed by atoms with Crippen molar-refractivity contribution in [1.29, 1.82) is 0 Å². The molecule has 260 valence electrons. The number of benzene rings is 3. The number of likely N-dealkylation sites (tertiary alicyclic amines) is 1. The molecule has 0 radical (unpaired) electrons. The van der Waals surface area contributed by atoms with E-state index in [0.717, 1.165) is 22.4 Å². The summed E-state index contributed by atoms with van der Waals surface area (Å²) in [6, 6.07) is 21.1. The van der Waals surface area contributed by atoms with Crippen LogP contribution < -0.4 is 14.5 Å². The summed E-state index contributed by atoms with van der Waals surface area (Å²) >= 11 is 0. The van der Waals surface area contributed by atoms with Crippen molar-refractivity contribution in [2.24, 2.45) is 11.8 Å². The predicted octanol–water partition coefficient (Wildman–Crippen LogP) is 5.17. The van der Waals surface area contributed by atoms with E-state index in [-0.39, 0.29) is 30.9 Å². The van der Waals surface area contributed by atoms with Crippen LogP contribution in [0, 0.1) is 25.7 Å². The van der Waals surface area contributed by atoms with E-state index in [2.05, 4.69) is 0 Å². The molecule has 0 bridgehead atoms. The molecule has 1 N–H and O–H groups in total. The highest BCUT2D eigenvalue weighted by molar-refractivity contribution is 6.08. The van der Waals surface area contributed by atoms with Crippen LogP contribution in [0.4, 0.5) is 11.4 Å². The summed E-state index contributed by atoms with van der Waals surface area (Å²) in [7, 11) is 0. The molecule has 4 aliphatic heterocycles. The summed E-state index contributed by atoms with van der Waals surface area (Å²) < 4.78 is 12.9. The average Bonchev–Trinajstić information content (AvgIpc) is 3.42. The maximum atomic E-state index is 15.2. The molecule has 9 nitrogen and oxygen atoms in total. The van der Waals surface area contributed by atoms with Gasteiger partial charge in [-0.25, -0.2) is 0 Å². The Morgan fingerprint density at radius 2 is 1.50 bits per heavy atom. The SMILES string of the molecule is CCOc1ccc(N2CC=C[C@@]3(CC)O[C@]45C=CCN(c6c(C)cccc6C)C(=O)C4N([C@@H](CO)Cc4ccccc4)C(=O)[C@@H]5[C@H]3C2=O)cc1. The van der Waals surface area contributed by atoms with Gasteiger partial charge < -0.3 is 29.3 Å². The number of nitrogens with zero attached hydrogens (tertiary/aromatic N) is 3. The van der Waals surface area contributed by atoms with Crippen LogP contribution in [0.2, 0.25) is 0 Å². The number of aliphatic hydroxyl groups is 1. The summed E-state index contributed by atoms with van der Waals surface area (Å²) in [6.07, 6.45) is 8.41. The zero-order chi connectivity index (χ0) is 35.2. The zero-order valence-corrected chi connectivity index (χ0v) is 29.1. The van der Waals surface area contributed by atoms with E-state index in [9.17, 15) is 9.90 Å². The highest BCUT2D eigenvalue weighted by Crippen LogP contribution is 2.59. The third-order valence-corrected chi connectivity index (χ3v) is 11.0. The molecule has 3 aromatic rings.